The molecule has 0 aromatic carbocycles. The molecule has 0 aromatic rings. The van der Waals surface area contributed by atoms with Gasteiger partial charge in [0.05, 0.1) is 13.0 Å². The number of carbonyl (C=O) groups excluding carboxylic acids is 2. The van der Waals surface area contributed by atoms with Crippen molar-refractivity contribution in [3.63, 3.8) is 0 Å². The van der Waals surface area contributed by atoms with E-state index in [0.29, 0.717) is 0 Å². The molecule has 1 amide bonds. The highest BCUT2D eigenvalue weighted by atomic mass is 31.2. The van der Waals surface area contributed by atoms with Crippen LogP contribution in [-0.2, 0) is 32.6 Å². The first-order valence-electron chi connectivity index (χ1n) is 5.48. The van der Waals surface area contributed by atoms with Crippen LogP contribution in [-0.4, -0.2) is 61.2 Å². The van der Waals surface area contributed by atoms with E-state index in [-0.39, 0.29) is 0 Å². The third kappa shape index (κ3) is 10.9. The number of hydrogen-bond donors (Lipinski definition) is 7. The number of hydrogen-bond acceptors (Lipinski definition) is 8. The fourth-order valence-electron chi connectivity index (χ4n) is 1.07. The highest BCUT2D eigenvalue weighted by Crippen LogP contribution is 2.36. The third-order valence-electron chi connectivity index (χ3n) is 1.97. The SMILES string of the molecule is N[C@@H](COP(=O)(O)O)C(=O)N[C@@H](CC(=O)OP(=O)(O)O)C(=O)O. The first kappa shape index (κ1) is 21.6. The van der Waals surface area contributed by atoms with Crippen molar-refractivity contribution in [1.29, 1.82) is 0 Å². The van der Waals surface area contributed by atoms with Crippen molar-refractivity contribution in [2.45, 2.75) is 18.5 Å². The number of carbonyl (C=O) groups is 3. The first-order valence-corrected chi connectivity index (χ1v) is 8.54. The Hall–Kier alpha value is -1.37. The van der Waals surface area contributed by atoms with E-state index in [2.05, 4.69) is 9.05 Å². The van der Waals surface area contributed by atoms with Gasteiger partial charge < -0.3 is 30.5 Å². The van der Waals surface area contributed by atoms with E-state index in [1.807, 2.05) is 0 Å². The monoisotopic (exact) mass is 380 g/mol. The van der Waals surface area contributed by atoms with E-state index < -0.39 is 58.6 Å². The topological polar surface area (TPSA) is 243 Å². The maximum absolute atomic E-state index is 11.5. The molecule has 0 aliphatic rings. The summed E-state index contributed by atoms with van der Waals surface area (Å²) in [6.45, 7) is -0.949. The lowest BCUT2D eigenvalue weighted by Gasteiger charge is -2.17. The number of carboxylic acids is 1. The molecule has 16 heteroatoms. The summed E-state index contributed by atoms with van der Waals surface area (Å²) in [6.07, 6.45) is -1.13. The Bertz CT molecular complexity index is 552. The Labute approximate surface area is 128 Å². The van der Waals surface area contributed by atoms with Gasteiger partial charge in [0, 0.05) is 0 Å². The molecule has 0 saturated carbocycles. The fourth-order valence-corrected chi connectivity index (χ4v) is 1.76. The van der Waals surface area contributed by atoms with Crippen LogP contribution in [0.5, 0.6) is 0 Å². The number of phosphoric acid groups is 2. The van der Waals surface area contributed by atoms with Gasteiger partial charge in [-0.15, -0.1) is 0 Å². The number of phosphoric ester groups is 2. The van der Waals surface area contributed by atoms with Crippen LogP contribution in [0.2, 0.25) is 0 Å². The summed E-state index contributed by atoms with van der Waals surface area (Å²) >= 11 is 0. The third-order valence-corrected chi connectivity index (χ3v) is 2.89. The quantitative estimate of drug-likeness (QED) is 0.198. The Morgan fingerprint density at radius 1 is 1.09 bits per heavy atom. The van der Waals surface area contributed by atoms with Crippen LogP contribution in [0.1, 0.15) is 6.42 Å². The highest BCUT2D eigenvalue weighted by molar-refractivity contribution is 7.47. The lowest BCUT2D eigenvalue weighted by molar-refractivity contribution is -0.147. The van der Waals surface area contributed by atoms with Crippen molar-refractivity contribution < 1.29 is 57.2 Å². The molecule has 0 heterocycles. The predicted molar refractivity (Wildman–Crippen MR) is 68.3 cm³/mol. The summed E-state index contributed by atoms with van der Waals surface area (Å²) in [6, 6.07) is -3.62. The van der Waals surface area contributed by atoms with Gasteiger partial charge in [0.1, 0.15) is 12.1 Å². The fraction of sp³-hybridized carbons (Fsp3) is 0.571. The molecule has 0 fully saturated rings. The minimum Gasteiger partial charge on any atom is -0.480 e. The van der Waals surface area contributed by atoms with Gasteiger partial charge in [-0.05, 0) is 0 Å². The van der Waals surface area contributed by atoms with Crippen molar-refractivity contribution in [3.05, 3.63) is 0 Å². The highest BCUT2D eigenvalue weighted by Gasteiger charge is 2.30. The molecule has 8 N–H and O–H groups in total. The molecule has 0 spiro atoms. The Morgan fingerprint density at radius 2 is 1.61 bits per heavy atom. The molecular weight excluding hydrogens is 366 g/mol. The molecule has 0 rings (SSSR count). The zero-order valence-electron chi connectivity index (χ0n) is 11.1. The van der Waals surface area contributed by atoms with Crippen LogP contribution < -0.4 is 11.1 Å². The van der Waals surface area contributed by atoms with Gasteiger partial charge in [0.25, 0.3) is 0 Å². The van der Waals surface area contributed by atoms with Crippen LogP contribution >= 0.6 is 15.6 Å². The lowest BCUT2D eigenvalue weighted by Crippen LogP contribution is -2.50. The lowest BCUT2D eigenvalue weighted by atomic mass is 10.2. The molecule has 23 heavy (non-hydrogen) atoms. The van der Waals surface area contributed by atoms with Crippen molar-refractivity contribution in [3.8, 4) is 0 Å². The van der Waals surface area contributed by atoms with Crippen LogP contribution in [0.15, 0.2) is 0 Å². The van der Waals surface area contributed by atoms with Gasteiger partial charge in [0.15, 0.2) is 0 Å². The maximum Gasteiger partial charge on any atom is 0.526 e. The Balaban J connectivity index is 4.66. The van der Waals surface area contributed by atoms with E-state index >= 15 is 0 Å². The van der Waals surface area contributed by atoms with Crippen molar-refractivity contribution >= 4 is 33.5 Å². The number of nitrogens with one attached hydrogen (secondary N) is 1. The summed E-state index contributed by atoms with van der Waals surface area (Å²) in [4.78, 5) is 67.1. The zero-order chi connectivity index (χ0) is 18.4. The van der Waals surface area contributed by atoms with Crippen LogP contribution in [0.4, 0.5) is 0 Å². The summed E-state index contributed by atoms with van der Waals surface area (Å²) in [7, 11) is -10.1. The minimum absolute atomic E-state index is 0.949. The molecular formula is C7H14N2O12P2. The largest absolute Gasteiger partial charge is 0.526 e. The molecule has 0 aliphatic carbocycles. The zero-order valence-corrected chi connectivity index (χ0v) is 12.9. The van der Waals surface area contributed by atoms with Crippen LogP contribution in [0, 0.1) is 0 Å². The number of carboxylic acid groups (broad SMARTS) is 1. The molecule has 2 atom stereocenters. The second-order valence-corrected chi connectivity index (χ2v) is 6.35. The maximum atomic E-state index is 11.5. The van der Waals surface area contributed by atoms with E-state index in [0.717, 1.165) is 0 Å². The summed E-state index contributed by atoms with van der Waals surface area (Å²) in [5, 5.41) is 10.5. The van der Waals surface area contributed by atoms with Crippen molar-refractivity contribution in [2.75, 3.05) is 6.61 Å². The number of aliphatic carboxylic acids is 1. The normalized spacial score (nSPS) is 14.7. The minimum atomic E-state index is -5.18. The van der Waals surface area contributed by atoms with E-state index in [1.165, 1.54) is 0 Å². The molecule has 0 bridgehead atoms. The Kier molecular flexibility index (Phi) is 7.97. The molecule has 0 unspecified atom stereocenters. The summed E-state index contributed by atoms with van der Waals surface area (Å²) in [5.41, 5.74) is 5.19. The van der Waals surface area contributed by atoms with Gasteiger partial charge in [-0.25, -0.2) is 13.9 Å². The van der Waals surface area contributed by atoms with Gasteiger partial charge >= 0.3 is 27.6 Å². The predicted octanol–water partition coefficient (Wildman–Crippen LogP) is -2.98. The number of nitrogens with two attached hydrogens (primary N) is 1. The average molecular weight is 380 g/mol. The summed E-state index contributed by atoms with van der Waals surface area (Å²) < 4.78 is 28.4. The second-order valence-electron chi connectivity index (χ2n) is 3.95. The van der Waals surface area contributed by atoms with E-state index in [4.69, 9.17) is 30.4 Å². The van der Waals surface area contributed by atoms with Crippen LogP contribution in [0.3, 0.4) is 0 Å². The molecule has 0 aromatic heterocycles. The molecule has 0 radical (unpaired) electrons. The van der Waals surface area contributed by atoms with Gasteiger partial charge in [0.2, 0.25) is 5.91 Å². The number of amides is 1. The molecule has 14 nitrogen and oxygen atoms in total. The molecule has 0 aliphatic heterocycles. The first-order chi connectivity index (χ1) is 10.2. The second kappa shape index (κ2) is 8.47. The van der Waals surface area contributed by atoms with E-state index in [1.54, 1.807) is 5.32 Å². The van der Waals surface area contributed by atoms with Crippen molar-refractivity contribution in [1.82, 2.24) is 5.32 Å². The summed E-state index contributed by atoms with van der Waals surface area (Å²) in [5.74, 6) is -4.59. The molecule has 134 valence electrons. The average Bonchev–Trinajstić information content (AvgIpc) is 2.31. The van der Waals surface area contributed by atoms with Gasteiger partial charge in [-0.1, -0.05) is 0 Å². The molecule has 0 saturated heterocycles. The smallest absolute Gasteiger partial charge is 0.480 e. The number of rotatable bonds is 9. The van der Waals surface area contributed by atoms with Gasteiger partial charge in [-0.3, -0.25) is 23.9 Å². The standard InChI is InChI=1S/C7H14N2O12P2/c8-3(2-20-22(14,15)16)6(11)9-4(7(12)13)1-5(10)21-23(17,18)19/h3-4H,1-2,8H2,(H,9,11)(H,12,13)(H2,14,15,16)(H2,17,18,19)/t3-,4-/m0/s1. The Morgan fingerprint density at radius 3 is 2.00 bits per heavy atom. The van der Waals surface area contributed by atoms with Crippen LogP contribution in [0.25, 0.3) is 0 Å². The van der Waals surface area contributed by atoms with E-state index in [9.17, 15) is 23.5 Å². The van der Waals surface area contributed by atoms with Gasteiger partial charge in [-0.2, -0.15) is 0 Å². The van der Waals surface area contributed by atoms with Crippen molar-refractivity contribution in [2.24, 2.45) is 5.73 Å².